The fourth-order valence-electron chi connectivity index (χ4n) is 5.61. The van der Waals surface area contributed by atoms with Gasteiger partial charge in [-0.15, -0.1) is 0 Å². The molecule has 5 atom stereocenters. The standard InChI is InChI=1S/C20H30O4/c1-11(2)16-13(21)8-18(4)10-20(24)12(3)6-7-15(23)19(20,5)9-14(22)17(16)18/h11,14-15,22-24H,3,6-10H2,1-2,4-5H3. The molecule has 24 heavy (non-hydrogen) atoms. The van der Waals surface area contributed by atoms with Crippen molar-refractivity contribution < 1.29 is 20.1 Å². The third-order valence-corrected chi connectivity index (χ3v) is 6.95. The molecule has 3 N–H and O–H groups in total. The maximum atomic E-state index is 12.6. The quantitative estimate of drug-likeness (QED) is 0.644. The molecule has 5 unspecified atom stereocenters. The van der Waals surface area contributed by atoms with Crippen molar-refractivity contribution in [3.05, 3.63) is 23.3 Å². The average Bonchev–Trinajstić information content (AvgIpc) is 2.69. The van der Waals surface area contributed by atoms with Crippen LogP contribution in [0.15, 0.2) is 23.3 Å². The van der Waals surface area contributed by atoms with Gasteiger partial charge in [-0.1, -0.05) is 34.3 Å². The first-order valence-corrected chi connectivity index (χ1v) is 9.01. The molecule has 0 amide bonds. The maximum Gasteiger partial charge on any atom is 0.160 e. The van der Waals surface area contributed by atoms with Crippen molar-refractivity contribution in [2.75, 3.05) is 0 Å². The Bertz CT molecular complexity index is 634. The number of fused-ring (bicyclic) bond motifs is 2. The number of aliphatic hydroxyl groups is 3. The summed E-state index contributed by atoms with van der Waals surface area (Å²) in [6.45, 7) is 11.9. The van der Waals surface area contributed by atoms with Gasteiger partial charge in [0, 0.05) is 22.8 Å². The maximum absolute atomic E-state index is 12.6. The minimum atomic E-state index is -1.27. The highest BCUT2D eigenvalue weighted by atomic mass is 16.3. The summed E-state index contributed by atoms with van der Waals surface area (Å²) in [5.41, 5.74) is -0.483. The zero-order valence-electron chi connectivity index (χ0n) is 15.2. The summed E-state index contributed by atoms with van der Waals surface area (Å²) in [5, 5.41) is 33.3. The van der Waals surface area contributed by atoms with Crippen LogP contribution >= 0.6 is 0 Å². The number of allylic oxidation sites excluding steroid dienone is 1. The molecule has 0 aromatic rings. The third-order valence-electron chi connectivity index (χ3n) is 6.95. The van der Waals surface area contributed by atoms with E-state index in [-0.39, 0.29) is 18.1 Å². The van der Waals surface area contributed by atoms with E-state index in [1.807, 2.05) is 27.7 Å². The van der Waals surface area contributed by atoms with Gasteiger partial charge in [0.1, 0.15) is 0 Å². The van der Waals surface area contributed by atoms with Gasteiger partial charge in [-0.2, -0.15) is 0 Å². The number of carbonyl (C=O) groups excluding carboxylic acids is 1. The van der Waals surface area contributed by atoms with Crippen LogP contribution in [0.2, 0.25) is 0 Å². The molecule has 4 nitrogen and oxygen atoms in total. The van der Waals surface area contributed by atoms with Crippen molar-refractivity contribution in [2.45, 2.75) is 77.6 Å². The third kappa shape index (κ3) is 2.12. The van der Waals surface area contributed by atoms with Crippen LogP contribution in [-0.4, -0.2) is 38.9 Å². The van der Waals surface area contributed by atoms with E-state index in [2.05, 4.69) is 6.58 Å². The van der Waals surface area contributed by atoms with Crippen LogP contribution in [0.5, 0.6) is 0 Å². The number of Topliss-reactive ketones (excluding diaryl/α,β-unsaturated/α-hetero) is 1. The Hall–Kier alpha value is -0.970. The van der Waals surface area contributed by atoms with Crippen LogP contribution in [-0.2, 0) is 4.79 Å². The van der Waals surface area contributed by atoms with Gasteiger partial charge in [0.05, 0.1) is 17.8 Å². The van der Waals surface area contributed by atoms with Gasteiger partial charge in [0.2, 0.25) is 0 Å². The second-order valence-electron chi connectivity index (χ2n) is 8.98. The Morgan fingerprint density at radius 1 is 1.25 bits per heavy atom. The van der Waals surface area contributed by atoms with Crippen molar-refractivity contribution in [1.82, 2.24) is 0 Å². The fourth-order valence-corrected chi connectivity index (χ4v) is 5.61. The molecule has 3 rings (SSSR count). The summed E-state index contributed by atoms with van der Waals surface area (Å²) >= 11 is 0. The molecule has 3 aliphatic carbocycles. The zero-order chi connectivity index (χ0) is 18.1. The highest BCUT2D eigenvalue weighted by molar-refractivity contribution is 6.00. The minimum Gasteiger partial charge on any atom is -0.392 e. The highest BCUT2D eigenvalue weighted by Crippen LogP contribution is 2.62. The average molecular weight is 334 g/mol. The molecule has 0 aromatic carbocycles. The number of ketones is 1. The van der Waals surface area contributed by atoms with E-state index in [4.69, 9.17) is 0 Å². The number of hydrogen-bond acceptors (Lipinski definition) is 4. The second-order valence-corrected chi connectivity index (χ2v) is 8.98. The molecule has 0 heterocycles. The van der Waals surface area contributed by atoms with E-state index in [1.54, 1.807) is 0 Å². The van der Waals surface area contributed by atoms with E-state index < -0.39 is 28.6 Å². The van der Waals surface area contributed by atoms with Crippen molar-refractivity contribution in [3.63, 3.8) is 0 Å². The van der Waals surface area contributed by atoms with Crippen molar-refractivity contribution in [3.8, 4) is 0 Å². The van der Waals surface area contributed by atoms with Crippen molar-refractivity contribution in [2.24, 2.45) is 16.7 Å². The molecular weight excluding hydrogens is 304 g/mol. The Morgan fingerprint density at radius 2 is 1.88 bits per heavy atom. The van der Waals surface area contributed by atoms with Crippen LogP contribution in [0.1, 0.15) is 59.8 Å². The Kier molecular flexibility index (Phi) is 3.91. The molecular formula is C20H30O4. The lowest BCUT2D eigenvalue weighted by Crippen LogP contribution is -2.58. The summed E-state index contributed by atoms with van der Waals surface area (Å²) in [7, 11) is 0. The number of aliphatic hydroxyl groups excluding tert-OH is 2. The van der Waals surface area contributed by atoms with Crippen LogP contribution in [0, 0.1) is 16.7 Å². The molecule has 134 valence electrons. The summed E-state index contributed by atoms with van der Waals surface area (Å²) < 4.78 is 0. The smallest absolute Gasteiger partial charge is 0.160 e. The largest absolute Gasteiger partial charge is 0.392 e. The van der Waals surface area contributed by atoms with Gasteiger partial charge in [-0.25, -0.2) is 0 Å². The summed E-state index contributed by atoms with van der Waals surface area (Å²) in [5.74, 6) is 0.121. The first kappa shape index (κ1) is 17.8. The van der Waals surface area contributed by atoms with Gasteiger partial charge in [0.15, 0.2) is 5.78 Å². The summed E-state index contributed by atoms with van der Waals surface area (Å²) in [6, 6.07) is 0. The van der Waals surface area contributed by atoms with Gasteiger partial charge in [-0.05, 0) is 42.7 Å². The predicted molar refractivity (Wildman–Crippen MR) is 92.3 cm³/mol. The van der Waals surface area contributed by atoms with E-state index >= 15 is 0 Å². The lowest BCUT2D eigenvalue weighted by Gasteiger charge is -2.53. The van der Waals surface area contributed by atoms with Crippen LogP contribution < -0.4 is 0 Å². The van der Waals surface area contributed by atoms with E-state index in [0.717, 1.165) is 16.7 Å². The lowest BCUT2D eigenvalue weighted by molar-refractivity contribution is -0.150. The van der Waals surface area contributed by atoms with Gasteiger partial charge in [0.25, 0.3) is 0 Å². The molecule has 3 aliphatic rings. The van der Waals surface area contributed by atoms with Crippen LogP contribution in [0.25, 0.3) is 0 Å². The van der Waals surface area contributed by atoms with Crippen LogP contribution in [0.4, 0.5) is 0 Å². The molecule has 0 saturated heterocycles. The monoisotopic (exact) mass is 334 g/mol. The Balaban J connectivity index is 2.21. The molecule has 0 radical (unpaired) electrons. The SMILES string of the molecule is C=C1CCC(O)C2(C)CC(O)C3=C(C(C)C)C(=O)CC3(C)CC12O. The molecule has 0 bridgehead atoms. The second kappa shape index (κ2) is 5.26. The molecule has 0 aromatic heterocycles. The van der Waals surface area contributed by atoms with Gasteiger partial charge >= 0.3 is 0 Å². The van der Waals surface area contributed by atoms with Crippen molar-refractivity contribution >= 4 is 5.78 Å². The number of hydrogen-bond donors (Lipinski definition) is 3. The van der Waals surface area contributed by atoms with Gasteiger partial charge in [-0.3, -0.25) is 4.79 Å². The van der Waals surface area contributed by atoms with Gasteiger partial charge < -0.3 is 15.3 Å². The summed E-state index contributed by atoms with van der Waals surface area (Å²) in [6.07, 6.45) is 0.509. The predicted octanol–water partition coefficient (Wildman–Crippen LogP) is 2.52. The minimum absolute atomic E-state index is 0.0414. The fraction of sp³-hybridized carbons (Fsp3) is 0.750. The normalized spacial score (nSPS) is 46.2. The highest BCUT2D eigenvalue weighted by Gasteiger charge is 2.63. The zero-order valence-corrected chi connectivity index (χ0v) is 15.2. The first-order valence-electron chi connectivity index (χ1n) is 9.01. The van der Waals surface area contributed by atoms with E-state index in [0.29, 0.717) is 25.7 Å². The molecule has 0 spiro atoms. The van der Waals surface area contributed by atoms with Crippen molar-refractivity contribution in [1.29, 1.82) is 0 Å². The molecule has 2 saturated carbocycles. The molecule has 0 aliphatic heterocycles. The van der Waals surface area contributed by atoms with Crippen LogP contribution in [0.3, 0.4) is 0 Å². The lowest BCUT2D eigenvalue weighted by atomic mass is 9.56. The summed E-state index contributed by atoms with van der Waals surface area (Å²) in [4.78, 5) is 12.6. The topological polar surface area (TPSA) is 77.8 Å². The number of carbonyl (C=O) groups is 1. The molecule has 2 fully saturated rings. The van der Waals surface area contributed by atoms with E-state index in [1.165, 1.54) is 0 Å². The first-order chi connectivity index (χ1) is 11.0. The Morgan fingerprint density at radius 3 is 2.46 bits per heavy atom. The van der Waals surface area contributed by atoms with E-state index in [9.17, 15) is 20.1 Å². The number of rotatable bonds is 1. The molecule has 4 heteroatoms. The Labute approximate surface area is 144 Å².